The standard InChI is InChI=1S/C16H18F2N4O2S3/c1-3-22(4-2)14(24)9-26-16-21-20-15(27-16)25-8-13(23)19-12-6-10(17)5-11(18)7-12/h5-7H,3-4,8-9H2,1-2H3,(H,19,23). The van der Waals surface area contributed by atoms with Crippen LogP contribution in [0, 0.1) is 11.6 Å². The predicted molar refractivity (Wildman–Crippen MR) is 104 cm³/mol. The van der Waals surface area contributed by atoms with Gasteiger partial charge in [-0.3, -0.25) is 9.59 Å². The van der Waals surface area contributed by atoms with Crippen LogP contribution < -0.4 is 5.32 Å². The molecule has 0 aliphatic carbocycles. The first-order valence-corrected chi connectivity index (χ1v) is 10.8. The minimum absolute atomic E-state index is 0.0236. The summed E-state index contributed by atoms with van der Waals surface area (Å²) in [7, 11) is 0. The SMILES string of the molecule is CCN(CC)C(=O)CSc1nnc(SCC(=O)Nc2cc(F)cc(F)c2)s1. The molecule has 6 nitrogen and oxygen atoms in total. The van der Waals surface area contributed by atoms with Gasteiger partial charge in [0.05, 0.1) is 11.5 Å². The Balaban J connectivity index is 1.80. The first kappa shape index (κ1) is 21.6. The van der Waals surface area contributed by atoms with Crippen molar-refractivity contribution in [3.8, 4) is 0 Å². The van der Waals surface area contributed by atoms with E-state index >= 15 is 0 Å². The molecule has 0 saturated heterocycles. The van der Waals surface area contributed by atoms with Gasteiger partial charge in [-0.1, -0.05) is 34.9 Å². The minimum atomic E-state index is -0.761. The zero-order valence-electron chi connectivity index (χ0n) is 14.7. The number of benzene rings is 1. The van der Waals surface area contributed by atoms with Crippen molar-refractivity contribution in [2.45, 2.75) is 22.5 Å². The van der Waals surface area contributed by atoms with Crippen molar-refractivity contribution in [3.05, 3.63) is 29.8 Å². The fraction of sp³-hybridized carbons (Fsp3) is 0.375. The third kappa shape index (κ3) is 7.07. The number of carbonyl (C=O) groups excluding carboxylic acids is 2. The number of nitrogens with one attached hydrogen (secondary N) is 1. The van der Waals surface area contributed by atoms with Gasteiger partial charge in [0.1, 0.15) is 11.6 Å². The van der Waals surface area contributed by atoms with Gasteiger partial charge < -0.3 is 10.2 Å². The fourth-order valence-electron chi connectivity index (χ4n) is 2.06. The van der Waals surface area contributed by atoms with Crippen LogP contribution >= 0.6 is 34.9 Å². The van der Waals surface area contributed by atoms with Crippen molar-refractivity contribution < 1.29 is 18.4 Å². The smallest absolute Gasteiger partial charge is 0.234 e. The second-order valence-corrected chi connectivity index (χ2v) is 8.61. The number of nitrogens with zero attached hydrogens (tertiary/aromatic N) is 3. The van der Waals surface area contributed by atoms with Gasteiger partial charge in [0, 0.05) is 24.8 Å². The number of hydrogen-bond acceptors (Lipinski definition) is 7. The van der Waals surface area contributed by atoms with Gasteiger partial charge in [0.2, 0.25) is 11.8 Å². The topological polar surface area (TPSA) is 75.2 Å². The highest BCUT2D eigenvalue weighted by atomic mass is 32.2. The predicted octanol–water partition coefficient (Wildman–Crippen LogP) is 3.51. The number of carbonyl (C=O) groups is 2. The molecule has 0 unspecified atom stereocenters. The number of anilines is 1. The zero-order chi connectivity index (χ0) is 19.8. The molecule has 1 N–H and O–H groups in total. The maximum absolute atomic E-state index is 13.1. The normalized spacial score (nSPS) is 10.7. The van der Waals surface area contributed by atoms with Crippen LogP contribution in [0.5, 0.6) is 0 Å². The van der Waals surface area contributed by atoms with E-state index in [9.17, 15) is 18.4 Å². The molecule has 146 valence electrons. The summed E-state index contributed by atoms with van der Waals surface area (Å²) in [5.41, 5.74) is 0.0570. The molecule has 0 atom stereocenters. The summed E-state index contributed by atoms with van der Waals surface area (Å²) in [5.74, 6) is -1.59. The number of thioether (sulfide) groups is 2. The van der Waals surface area contributed by atoms with Gasteiger partial charge in [0.25, 0.3) is 0 Å². The van der Waals surface area contributed by atoms with E-state index in [2.05, 4.69) is 15.5 Å². The van der Waals surface area contributed by atoms with E-state index in [1.165, 1.54) is 23.1 Å². The summed E-state index contributed by atoms with van der Waals surface area (Å²) in [5, 5.41) is 10.4. The van der Waals surface area contributed by atoms with Crippen molar-refractivity contribution in [2.24, 2.45) is 0 Å². The average molecular weight is 433 g/mol. The minimum Gasteiger partial charge on any atom is -0.343 e. The summed E-state index contributed by atoms with van der Waals surface area (Å²) in [6.07, 6.45) is 0. The Morgan fingerprint density at radius 2 is 1.59 bits per heavy atom. The molecule has 0 radical (unpaired) electrons. The lowest BCUT2D eigenvalue weighted by Crippen LogP contribution is -2.31. The Labute approximate surface area is 168 Å². The van der Waals surface area contributed by atoms with Gasteiger partial charge in [-0.15, -0.1) is 10.2 Å². The van der Waals surface area contributed by atoms with Gasteiger partial charge in [-0.05, 0) is 26.0 Å². The van der Waals surface area contributed by atoms with E-state index < -0.39 is 17.5 Å². The number of halogens is 2. The van der Waals surface area contributed by atoms with Crippen LogP contribution in [0.3, 0.4) is 0 Å². The van der Waals surface area contributed by atoms with Gasteiger partial charge in [0.15, 0.2) is 8.68 Å². The van der Waals surface area contributed by atoms with E-state index in [0.29, 0.717) is 21.8 Å². The van der Waals surface area contributed by atoms with Crippen molar-refractivity contribution in [1.82, 2.24) is 15.1 Å². The molecule has 11 heteroatoms. The Hall–Kier alpha value is -1.72. The molecule has 0 saturated carbocycles. The van der Waals surface area contributed by atoms with Gasteiger partial charge in [-0.25, -0.2) is 8.78 Å². The first-order chi connectivity index (χ1) is 12.9. The zero-order valence-corrected chi connectivity index (χ0v) is 17.1. The lowest BCUT2D eigenvalue weighted by molar-refractivity contribution is -0.128. The number of amides is 2. The maximum atomic E-state index is 13.1. The van der Waals surface area contributed by atoms with E-state index in [-0.39, 0.29) is 23.1 Å². The summed E-state index contributed by atoms with van der Waals surface area (Å²) in [6, 6.07) is 2.81. The average Bonchev–Trinajstić information content (AvgIpc) is 3.06. The summed E-state index contributed by atoms with van der Waals surface area (Å²) < 4.78 is 27.4. The van der Waals surface area contributed by atoms with Crippen molar-refractivity contribution in [3.63, 3.8) is 0 Å². The van der Waals surface area contributed by atoms with Crippen LogP contribution in [0.4, 0.5) is 14.5 Å². The Bertz CT molecular complexity index is 779. The molecule has 0 spiro atoms. The van der Waals surface area contributed by atoms with Crippen molar-refractivity contribution in [1.29, 1.82) is 0 Å². The quantitative estimate of drug-likeness (QED) is 0.611. The third-order valence-electron chi connectivity index (χ3n) is 3.30. The Morgan fingerprint density at radius 3 is 2.15 bits per heavy atom. The molecular formula is C16H18F2N4O2S3. The van der Waals surface area contributed by atoms with E-state index in [4.69, 9.17) is 0 Å². The molecule has 27 heavy (non-hydrogen) atoms. The molecule has 0 bridgehead atoms. The fourth-order valence-corrected chi connectivity index (χ4v) is 4.78. The second-order valence-electron chi connectivity index (χ2n) is 5.18. The lowest BCUT2D eigenvalue weighted by atomic mass is 10.3. The lowest BCUT2D eigenvalue weighted by Gasteiger charge is -2.17. The Morgan fingerprint density at radius 1 is 1.04 bits per heavy atom. The van der Waals surface area contributed by atoms with Gasteiger partial charge in [-0.2, -0.15) is 0 Å². The van der Waals surface area contributed by atoms with Crippen LogP contribution in [0.2, 0.25) is 0 Å². The molecule has 1 heterocycles. The van der Waals surface area contributed by atoms with Crippen LogP contribution in [0.15, 0.2) is 26.9 Å². The van der Waals surface area contributed by atoms with Crippen LogP contribution in [0.25, 0.3) is 0 Å². The van der Waals surface area contributed by atoms with Gasteiger partial charge >= 0.3 is 0 Å². The maximum Gasteiger partial charge on any atom is 0.234 e. The molecule has 2 amide bonds. The Kier molecular flexibility index (Phi) is 8.45. The summed E-state index contributed by atoms with van der Waals surface area (Å²) >= 11 is 3.76. The summed E-state index contributed by atoms with van der Waals surface area (Å²) in [6.45, 7) is 5.18. The van der Waals surface area contributed by atoms with Crippen LogP contribution in [-0.4, -0.2) is 51.5 Å². The van der Waals surface area contributed by atoms with Crippen LogP contribution in [-0.2, 0) is 9.59 Å². The van der Waals surface area contributed by atoms with E-state index in [0.717, 1.165) is 30.0 Å². The largest absolute Gasteiger partial charge is 0.343 e. The summed E-state index contributed by atoms with van der Waals surface area (Å²) in [4.78, 5) is 25.6. The highest BCUT2D eigenvalue weighted by Gasteiger charge is 2.13. The second kappa shape index (κ2) is 10.6. The highest BCUT2D eigenvalue weighted by Crippen LogP contribution is 2.29. The number of hydrogen-bond donors (Lipinski definition) is 1. The highest BCUT2D eigenvalue weighted by molar-refractivity contribution is 8.03. The monoisotopic (exact) mass is 432 g/mol. The van der Waals surface area contributed by atoms with E-state index in [1.807, 2.05) is 13.8 Å². The van der Waals surface area contributed by atoms with Crippen LogP contribution in [0.1, 0.15) is 13.8 Å². The number of rotatable bonds is 9. The van der Waals surface area contributed by atoms with E-state index in [1.54, 1.807) is 4.90 Å². The molecule has 2 rings (SSSR count). The molecule has 0 aliphatic heterocycles. The molecule has 1 aromatic heterocycles. The first-order valence-electron chi connectivity index (χ1n) is 8.04. The number of aromatic nitrogens is 2. The third-order valence-corrected chi connectivity index (χ3v) is 6.47. The van der Waals surface area contributed by atoms with Crippen molar-refractivity contribution >= 4 is 52.4 Å². The molecular weight excluding hydrogens is 414 g/mol. The molecule has 0 fully saturated rings. The van der Waals surface area contributed by atoms with Crippen molar-refractivity contribution in [2.75, 3.05) is 29.9 Å². The molecule has 2 aromatic rings. The molecule has 0 aliphatic rings. The molecule has 1 aromatic carbocycles.